The van der Waals surface area contributed by atoms with Crippen molar-refractivity contribution < 1.29 is 0 Å². The number of fused-ring (bicyclic) bond motifs is 2. The molecule has 0 aromatic rings. The summed E-state index contributed by atoms with van der Waals surface area (Å²) in [5.74, 6) is 3.66. The van der Waals surface area contributed by atoms with E-state index in [1.54, 1.807) is 0 Å². The predicted octanol–water partition coefficient (Wildman–Crippen LogP) is 4.54. The highest BCUT2D eigenvalue weighted by Gasteiger charge is 2.39. The van der Waals surface area contributed by atoms with Crippen LogP contribution in [0.3, 0.4) is 0 Å². The Labute approximate surface area is 119 Å². The van der Waals surface area contributed by atoms with Crippen LogP contribution in [0.2, 0.25) is 0 Å². The third-order valence-electron chi connectivity index (χ3n) is 6.11. The fraction of sp³-hybridized carbons (Fsp3) is 0.889. The molecule has 0 heterocycles. The van der Waals surface area contributed by atoms with Gasteiger partial charge in [-0.2, -0.15) is 0 Å². The lowest BCUT2D eigenvalue weighted by atomic mass is 9.81. The van der Waals surface area contributed by atoms with Gasteiger partial charge in [0.1, 0.15) is 0 Å². The number of nitrogens with one attached hydrogen (secondary N) is 1. The largest absolute Gasteiger partial charge is 0.311 e. The molecule has 0 aliphatic heterocycles. The van der Waals surface area contributed by atoms with Crippen LogP contribution in [0.4, 0.5) is 0 Å². The van der Waals surface area contributed by atoms with Gasteiger partial charge >= 0.3 is 0 Å². The van der Waals surface area contributed by atoms with Crippen molar-refractivity contribution >= 4 is 0 Å². The quantitative estimate of drug-likeness (QED) is 0.717. The van der Waals surface area contributed by atoms with Crippen LogP contribution in [0.1, 0.15) is 65.2 Å². The SMILES string of the molecule is CCC(NC(C)C1CC2C=CC1C2)C1CCCCC1. The molecule has 0 aromatic carbocycles. The molecule has 5 atom stereocenters. The zero-order valence-electron chi connectivity index (χ0n) is 12.8. The van der Waals surface area contributed by atoms with Crippen molar-refractivity contribution in [2.75, 3.05) is 0 Å². The maximum Gasteiger partial charge on any atom is 0.00952 e. The van der Waals surface area contributed by atoms with E-state index in [1.165, 1.54) is 51.4 Å². The van der Waals surface area contributed by atoms with E-state index in [-0.39, 0.29) is 0 Å². The predicted molar refractivity (Wildman–Crippen MR) is 82.1 cm³/mol. The average Bonchev–Trinajstić information content (AvgIpc) is 3.08. The van der Waals surface area contributed by atoms with E-state index in [4.69, 9.17) is 0 Å². The second-order valence-electron chi connectivity index (χ2n) is 7.31. The number of hydrogen-bond donors (Lipinski definition) is 1. The Bertz CT molecular complexity index is 316. The highest BCUT2D eigenvalue weighted by atomic mass is 15.0. The fourth-order valence-electron chi connectivity index (χ4n) is 4.98. The van der Waals surface area contributed by atoms with E-state index in [9.17, 15) is 0 Å². The van der Waals surface area contributed by atoms with Crippen molar-refractivity contribution in [2.45, 2.75) is 77.3 Å². The summed E-state index contributed by atoms with van der Waals surface area (Å²) in [4.78, 5) is 0. The van der Waals surface area contributed by atoms with Crippen LogP contribution in [-0.4, -0.2) is 12.1 Å². The summed E-state index contributed by atoms with van der Waals surface area (Å²) in [6.45, 7) is 4.82. The number of hydrogen-bond acceptors (Lipinski definition) is 1. The van der Waals surface area contributed by atoms with E-state index in [1.807, 2.05) is 0 Å². The molecule has 0 spiro atoms. The molecule has 2 bridgehead atoms. The van der Waals surface area contributed by atoms with Crippen LogP contribution in [-0.2, 0) is 0 Å². The minimum atomic E-state index is 0.715. The lowest BCUT2D eigenvalue weighted by molar-refractivity contribution is 0.216. The summed E-state index contributed by atoms with van der Waals surface area (Å²) in [6, 6.07) is 1.49. The van der Waals surface area contributed by atoms with Gasteiger partial charge in [0.05, 0.1) is 0 Å². The third kappa shape index (κ3) is 2.91. The van der Waals surface area contributed by atoms with E-state index in [0.29, 0.717) is 6.04 Å². The summed E-state index contributed by atoms with van der Waals surface area (Å²) >= 11 is 0. The molecule has 0 aromatic heterocycles. The first-order valence-electron chi connectivity index (χ1n) is 8.72. The summed E-state index contributed by atoms with van der Waals surface area (Å²) in [6.07, 6.45) is 16.5. The van der Waals surface area contributed by atoms with Crippen LogP contribution >= 0.6 is 0 Å². The zero-order chi connectivity index (χ0) is 13.2. The normalized spacial score (nSPS) is 37.7. The molecule has 5 unspecified atom stereocenters. The Morgan fingerprint density at radius 3 is 2.47 bits per heavy atom. The molecule has 3 aliphatic rings. The van der Waals surface area contributed by atoms with Crippen molar-refractivity contribution in [3.63, 3.8) is 0 Å². The van der Waals surface area contributed by atoms with Crippen LogP contribution in [0.25, 0.3) is 0 Å². The molecule has 1 nitrogen and oxygen atoms in total. The Hall–Kier alpha value is -0.300. The van der Waals surface area contributed by atoms with Gasteiger partial charge in [-0.3, -0.25) is 0 Å². The Morgan fingerprint density at radius 2 is 1.89 bits per heavy atom. The molecule has 108 valence electrons. The van der Waals surface area contributed by atoms with Gasteiger partial charge in [-0.15, -0.1) is 0 Å². The van der Waals surface area contributed by atoms with Gasteiger partial charge in [0.15, 0.2) is 0 Å². The summed E-state index contributed by atoms with van der Waals surface area (Å²) < 4.78 is 0. The topological polar surface area (TPSA) is 12.0 Å². The Kier molecular flexibility index (Phi) is 4.31. The molecule has 19 heavy (non-hydrogen) atoms. The van der Waals surface area contributed by atoms with E-state index < -0.39 is 0 Å². The minimum absolute atomic E-state index is 0.715. The molecule has 0 amide bonds. The van der Waals surface area contributed by atoms with Gasteiger partial charge in [-0.1, -0.05) is 38.3 Å². The first kappa shape index (κ1) is 13.7. The maximum absolute atomic E-state index is 4.03. The fourth-order valence-corrected chi connectivity index (χ4v) is 4.98. The third-order valence-corrected chi connectivity index (χ3v) is 6.11. The van der Waals surface area contributed by atoms with Crippen molar-refractivity contribution in [3.05, 3.63) is 12.2 Å². The maximum atomic E-state index is 4.03. The molecular formula is C18H31N. The smallest absolute Gasteiger partial charge is 0.00952 e. The van der Waals surface area contributed by atoms with Gasteiger partial charge in [0.25, 0.3) is 0 Å². The van der Waals surface area contributed by atoms with Gasteiger partial charge in [-0.05, 0) is 62.7 Å². The minimum Gasteiger partial charge on any atom is -0.311 e. The molecular weight excluding hydrogens is 230 g/mol. The average molecular weight is 261 g/mol. The molecule has 1 N–H and O–H groups in total. The number of allylic oxidation sites excluding steroid dienone is 2. The zero-order valence-corrected chi connectivity index (χ0v) is 12.8. The summed E-state index contributed by atoms with van der Waals surface area (Å²) in [5.41, 5.74) is 0. The first-order chi connectivity index (χ1) is 9.28. The van der Waals surface area contributed by atoms with Crippen molar-refractivity contribution in [1.29, 1.82) is 0 Å². The molecule has 3 aliphatic carbocycles. The van der Waals surface area contributed by atoms with Crippen molar-refractivity contribution in [3.8, 4) is 0 Å². The highest BCUT2D eigenvalue weighted by molar-refractivity contribution is 5.11. The first-order valence-corrected chi connectivity index (χ1v) is 8.72. The summed E-state index contributed by atoms with van der Waals surface area (Å²) in [7, 11) is 0. The van der Waals surface area contributed by atoms with Crippen LogP contribution in [0.15, 0.2) is 12.2 Å². The van der Waals surface area contributed by atoms with E-state index in [2.05, 4.69) is 31.3 Å². The van der Waals surface area contributed by atoms with Crippen LogP contribution in [0, 0.1) is 23.7 Å². The Balaban J connectivity index is 1.55. The summed E-state index contributed by atoms with van der Waals surface area (Å²) in [5, 5.41) is 4.03. The molecule has 2 fully saturated rings. The molecule has 0 radical (unpaired) electrons. The van der Waals surface area contributed by atoms with Crippen molar-refractivity contribution in [1.82, 2.24) is 5.32 Å². The van der Waals surface area contributed by atoms with Gasteiger partial charge in [-0.25, -0.2) is 0 Å². The van der Waals surface area contributed by atoms with Gasteiger partial charge in [0, 0.05) is 12.1 Å². The van der Waals surface area contributed by atoms with Gasteiger partial charge in [0.2, 0.25) is 0 Å². The molecule has 3 rings (SSSR count). The van der Waals surface area contributed by atoms with Gasteiger partial charge < -0.3 is 5.32 Å². The monoisotopic (exact) mass is 261 g/mol. The van der Waals surface area contributed by atoms with E-state index >= 15 is 0 Å². The lowest BCUT2D eigenvalue weighted by Gasteiger charge is -2.35. The second kappa shape index (κ2) is 5.99. The number of rotatable bonds is 5. The molecule has 2 saturated carbocycles. The van der Waals surface area contributed by atoms with Crippen molar-refractivity contribution in [2.24, 2.45) is 23.7 Å². The highest BCUT2D eigenvalue weighted by Crippen LogP contribution is 2.45. The van der Waals surface area contributed by atoms with Crippen LogP contribution < -0.4 is 5.32 Å². The Morgan fingerprint density at radius 1 is 1.11 bits per heavy atom. The molecule has 1 heteroatoms. The standard InChI is InChI=1S/C18H31N/c1-3-18(15-7-5-4-6-8-15)19-13(2)17-12-14-9-10-16(17)11-14/h9-10,13-19H,3-8,11-12H2,1-2H3. The second-order valence-corrected chi connectivity index (χ2v) is 7.31. The lowest BCUT2D eigenvalue weighted by Crippen LogP contribution is -2.45. The van der Waals surface area contributed by atoms with Crippen LogP contribution in [0.5, 0.6) is 0 Å². The van der Waals surface area contributed by atoms with E-state index in [0.717, 1.165) is 29.7 Å². The molecule has 0 saturated heterocycles.